The van der Waals surface area contributed by atoms with E-state index in [1.165, 1.54) is 16.7 Å². The number of nitrogens with zero attached hydrogens (tertiary/aromatic N) is 2. The van der Waals surface area contributed by atoms with Crippen LogP contribution in [0.3, 0.4) is 0 Å². The second-order valence-corrected chi connectivity index (χ2v) is 11.1. The fraction of sp³-hybridized carbons (Fsp3) is 0.105. The average Bonchev–Trinajstić information content (AvgIpc) is 3.03. The number of pyridine rings is 2. The minimum absolute atomic E-state index is 0. The van der Waals surface area contributed by atoms with Crippen molar-refractivity contribution in [3.05, 3.63) is 138 Å². The Morgan fingerprint density at radius 3 is 2.23 bits per heavy atom. The first-order valence-electron chi connectivity index (χ1n) is 14.4. The molecule has 6 heteroatoms. The Morgan fingerprint density at radius 2 is 1.45 bits per heavy atom. The van der Waals surface area contributed by atoms with E-state index in [0.29, 0.717) is 0 Å². The molecule has 0 unspecified atom stereocenters. The van der Waals surface area contributed by atoms with E-state index in [9.17, 15) is 0 Å². The second kappa shape index (κ2) is 12.2. The molecule has 0 bridgehead atoms. The van der Waals surface area contributed by atoms with Gasteiger partial charge in [0.1, 0.15) is 17.2 Å². The van der Waals surface area contributed by atoms with Crippen LogP contribution in [0, 0.1) is 39.8 Å². The van der Waals surface area contributed by atoms with E-state index in [1.54, 1.807) is 0 Å². The van der Waals surface area contributed by atoms with Gasteiger partial charge >= 0.3 is 0 Å². The predicted octanol–water partition coefficient (Wildman–Crippen LogP) is 7.06. The number of para-hydroxylation sites is 1. The van der Waals surface area contributed by atoms with E-state index in [1.807, 2.05) is 60.9 Å². The normalized spacial score (nSPS) is 11.8. The van der Waals surface area contributed by atoms with Gasteiger partial charge in [-0.25, -0.2) is 0 Å². The molecule has 4 aromatic carbocycles. The number of benzene rings is 4. The number of hydrogen-bond donors (Lipinski definition) is 0. The Kier molecular flexibility index (Phi) is 8.22. The monoisotopic (exact) mass is 749 g/mol. The molecule has 44 heavy (non-hydrogen) atoms. The fourth-order valence-corrected chi connectivity index (χ4v) is 5.64. The van der Waals surface area contributed by atoms with Gasteiger partial charge in [0.15, 0.2) is 0 Å². The molecule has 2 aliphatic heterocycles. The molecule has 0 spiro atoms. The molecular formula is C38H29BIrN2O2-2. The molecule has 217 valence electrons. The maximum Gasteiger partial charge on any atom is 0.241 e. The number of ether oxygens (including phenoxy) is 2. The van der Waals surface area contributed by atoms with Gasteiger partial charge in [-0.05, 0) is 67.5 Å². The smallest absolute Gasteiger partial charge is 0.241 e. The van der Waals surface area contributed by atoms with Crippen molar-refractivity contribution in [3.8, 4) is 45.5 Å². The summed E-state index contributed by atoms with van der Waals surface area (Å²) in [7, 11) is 0. The number of fused-ring (bicyclic) bond motifs is 4. The summed E-state index contributed by atoms with van der Waals surface area (Å²) in [6, 6.07) is 37.2. The van der Waals surface area contributed by atoms with Gasteiger partial charge in [0.2, 0.25) is 6.71 Å². The van der Waals surface area contributed by atoms with E-state index in [4.69, 9.17) is 9.47 Å². The molecule has 0 fully saturated rings. The molecule has 4 nitrogen and oxygen atoms in total. The first kappa shape index (κ1) is 29.6. The third kappa shape index (κ3) is 5.48. The molecule has 1 radical (unpaired) electrons. The van der Waals surface area contributed by atoms with E-state index < -0.39 is 0 Å². The van der Waals surface area contributed by atoms with Gasteiger partial charge in [0.05, 0.1) is 0 Å². The van der Waals surface area contributed by atoms with E-state index in [-0.39, 0.29) is 26.8 Å². The van der Waals surface area contributed by atoms with Crippen LogP contribution in [0.15, 0.2) is 103 Å². The third-order valence-corrected chi connectivity index (χ3v) is 8.06. The van der Waals surface area contributed by atoms with E-state index in [2.05, 4.69) is 92.3 Å². The zero-order chi connectivity index (χ0) is 29.5. The molecule has 0 amide bonds. The molecule has 6 aromatic rings. The van der Waals surface area contributed by atoms with Crippen molar-refractivity contribution in [1.29, 1.82) is 0 Å². The summed E-state index contributed by atoms with van der Waals surface area (Å²) in [5.74, 6) is 3.41. The zero-order valence-corrected chi connectivity index (χ0v) is 27.3. The molecule has 2 aromatic heterocycles. The van der Waals surface area contributed by atoms with Gasteiger partial charge in [-0.15, -0.1) is 59.1 Å². The van der Waals surface area contributed by atoms with Gasteiger partial charge in [-0.1, -0.05) is 60.0 Å². The topological polar surface area (TPSA) is 44.2 Å². The molecule has 8 rings (SSSR count). The van der Waals surface area contributed by atoms with Crippen molar-refractivity contribution < 1.29 is 29.6 Å². The van der Waals surface area contributed by atoms with Crippen LogP contribution in [0.4, 0.5) is 0 Å². The Hall–Kier alpha value is -4.51. The summed E-state index contributed by atoms with van der Waals surface area (Å²) in [4.78, 5) is 8.97. The first-order chi connectivity index (χ1) is 21.0. The SMILES string of the molecule is Cc1c[c-]c(-c2cc(C)c(C)cn2)cc1.Cc1ccnc(-c2[c-]ccc3c2Oc2cccc4c2B3c2ccccc2O4)c1.[Ir]. The van der Waals surface area contributed by atoms with Gasteiger partial charge in [-0.3, -0.25) is 0 Å². The van der Waals surface area contributed by atoms with Crippen LogP contribution in [0.5, 0.6) is 23.0 Å². The minimum Gasteiger partial charge on any atom is -0.503 e. The summed E-state index contributed by atoms with van der Waals surface area (Å²) >= 11 is 0. The Morgan fingerprint density at radius 1 is 0.659 bits per heavy atom. The van der Waals surface area contributed by atoms with Gasteiger partial charge in [0.25, 0.3) is 0 Å². The van der Waals surface area contributed by atoms with Gasteiger partial charge in [-0.2, -0.15) is 0 Å². The van der Waals surface area contributed by atoms with Crippen molar-refractivity contribution in [2.45, 2.75) is 27.7 Å². The number of aryl methyl sites for hydroxylation is 4. The molecule has 2 aliphatic rings. The first-order valence-corrected chi connectivity index (χ1v) is 14.4. The van der Waals surface area contributed by atoms with Gasteiger partial charge in [0, 0.05) is 43.7 Å². The summed E-state index contributed by atoms with van der Waals surface area (Å²) in [5, 5.41) is 0. The quantitative estimate of drug-likeness (QED) is 0.141. The summed E-state index contributed by atoms with van der Waals surface area (Å²) in [6.07, 6.45) is 3.74. The molecular weight excluding hydrogens is 719 g/mol. The summed E-state index contributed by atoms with van der Waals surface area (Å²) < 4.78 is 12.6. The van der Waals surface area contributed by atoms with Crippen molar-refractivity contribution in [2.75, 3.05) is 0 Å². The van der Waals surface area contributed by atoms with Crippen LogP contribution < -0.4 is 25.9 Å². The van der Waals surface area contributed by atoms with Crippen LogP contribution in [-0.4, -0.2) is 16.7 Å². The molecule has 4 heterocycles. The Bertz CT molecular complexity index is 1990. The van der Waals surface area contributed by atoms with Crippen molar-refractivity contribution in [2.24, 2.45) is 0 Å². The zero-order valence-electron chi connectivity index (χ0n) is 24.9. The molecule has 0 atom stereocenters. The maximum atomic E-state index is 6.41. The fourth-order valence-electron chi connectivity index (χ4n) is 5.64. The average molecular weight is 749 g/mol. The van der Waals surface area contributed by atoms with Gasteiger partial charge < -0.3 is 19.4 Å². The molecule has 0 saturated carbocycles. The molecule has 0 aliphatic carbocycles. The van der Waals surface area contributed by atoms with Crippen molar-refractivity contribution in [3.63, 3.8) is 0 Å². The molecule has 0 N–H and O–H groups in total. The van der Waals surface area contributed by atoms with Crippen LogP contribution in [-0.2, 0) is 20.1 Å². The maximum absolute atomic E-state index is 6.41. The number of aromatic nitrogens is 2. The second-order valence-electron chi connectivity index (χ2n) is 11.1. The molecule has 0 saturated heterocycles. The standard InChI is InChI=1S/C24H15BNO2.C14H14N.Ir/c1-15-12-13-26-19(14-15)16-6-4-8-18-24(16)28-22-11-5-10-21-23(22)25(18)17-7-2-3-9-20(17)27-21;1-10-4-6-13(7-5-10)14-8-11(2)12(3)9-15-14;/h2-5,7-14H,1H3;4-6,8-9H,1-3H3;/q2*-1;. The summed E-state index contributed by atoms with van der Waals surface area (Å²) in [5.41, 5.74) is 12.1. The summed E-state index contributed by atoms with van der Waals surface area (Å²) in [6.45, 7) is 8.38. The Balaban J connectivity index is 0.000000183. The Labute approximate surface area is 272 Å². The van der Waals surface area contributed by atoms with Crippen LogP contribution in [0.25, 0.3) is 22.5 Å². The number of hydrogen-bond acceptors (Lipinski definition) is 4. The van der Waals surface area contributed by atoms with E-state index in [0.717, 1.165) is 67.5 Å². The minimum atomic E-state index is 0. The largest absolute Gasteiger partial charge is 0.503 e. The van der Waals surface area contributed by atoms with Crippen LogP contribution >= 0.6 is 0 Å². The van der Waals surface area contributed by atoms with Crippen LogP contribution in [0.1, 0.15) is 22.3 Å². The van der Waals surface area contributed by atoms with Crippen molar-refractivity contribution in [1.82, 2.24) is 9.97 Å². The van der Waals surface area contributed by atoms with Crippen LogP contribution in [0.2, 0.25) is 0 Å². The van der Waals surface area contributed by atoms with Crippen molar-refractivity contribution >= 4 is 23.1 Å². The van der Waals surface area contributed by atoms with E-state index >= 15 is 0 Å². The third-order valence-electron chi connectivity index (χ3n) is 8.06. The predicted molar refractivity (Wildman–Crippen MR) is 174 cm³/mol. The number of rotatable bonds is 2.